The van der Waals surface area contributed by atoms with Gasteiger partial charge in [-0.05, 0) is 74.2 Å². The first-order valence-corrected chi connectivity index (χ1v) is 11.0. The lowest BCUT2D eigenvalue weighted by atomic mass is 10.0. The maximum Gasteiger partial charge on any atom is 0.228 e. The zero-order valence-electron chi connectivity index (χ0n) is 18.5. The Kier molecular flexibility index (Phi) is 4.77. The number of anilines is 2. The van der Waals surface area contributed by atoms with Crippen LogP contribution in [-0.2, 0) is 4.79 Å². The minimum absolute atomic E-state index is 0.0716. The number of likely N-dealkylation sites (tertiary alicyclic amines) is 1. The number of nitrogens with zero attached hydrogens (tertiary/aromatic N) is 2. The molecular weight excluding hydrogens is 346 g/mol. The van der Waals surface area contributed by atoms with Crippen molar-refractivity contribution < 1.29 is 4.79 Å². The number of hydrogen-bond acceptors (Lipinski definition) is 3. The lowest BCUT2D eigenvalue weighted by Crippen LogP contribution is -2.39. The van der Waals surface area contributed by atoms with Crippen LogP contribution < -0.4 is 10.2 Å². The summed E-state index contributed by atoms with van der Waals surface area (Å²) in [5.41, 5.74) is 3.54. The summed E-state index contributed by atoms with van der Waals surface area (Å²) in [6, 6.07) is 7.95. The molecule has 0 unspecified atom stereocenters. The summed E-state index contributed by atoms with van der Waals surface area (Å²) in [6.45, 7) is 16.8. The van der Waals surface area contributed by atoms with Crippen LogP contribution in [0, 0.1) is 23.7 Å². The summed E-state index contributed by atoms with van der Waals surface area (Å²) < 4.78 is 0. The third-order valence-electron chi connectivity index (χ3n) is 8.35. The molecule has 0 spiro atoms. The number of hydrogen-bond donors (Lipinski definition) is 1. The number of carbonyl (C=O) groups is 1. The maximum absolute atomic E-state index is 12.8. The van der Waals surface area contributed by atoms with Crippen LogP contribution in [0.4, 0.5) is 11.4 Å². The van der Waals surface area contributed by atoms with Crippen molar-refractivity contribution in [2.75, 3.05) is 29.9 Å². The van der Waals surface area contributed by atoms with Gasteiger partial charge in [-0.2, -0.15) is 0 Å². The number of amides is 1. The molecule has 154 valence electrons. The third kappa shape index (κ3) is 3.14. The lowest BCUT2D eigenvalue weighted by Gasteiger charge is -2.28. The zero-order valence-corrected chi connectivity index (χ0v) is 18.5. The van der Waals surface area contributed by atoms with Crippen LogP contribution in [0.2, 0.25) is 0 Å². The van der Waals surface area contributed by atoms with Crippen LogP contribution in [-0.4, -0.2) is 42.5 Å². The highest BCUT2D eigenvalue weighted by molar-refractivity contribution is 5.96. The smallest absolute Gasteiger partial charge is 0.228 e. The second kappa shape index (κ2) is 6.76. The highest BCUT2D eigenvalue weighted by Crippen LogP contribution is 2.68. The molecule has 1 amide bonds. The lowest BCUT2D eigenvalue weighted by molar-refractivity contribution is -0.118. The van der Waals surface area contributed by atoms with E-state index in [-0.39, 0.29) is 22.7 Å². The molecule has 1 aromatic carbocycles. The molecule has 1 saturated carbocycles. The Morgan fingerprint density at radius 3 is 2.39 bits per heavy atom. The van der Waals surface area contributed by atoms with E-state index in [1.54, 1.807) is 0 Å². The van der Waals surface area contributed by atoms with E-state index >= 15 is 0 Å². The standard InChI is InChI=1S/C24H37N3O/c1-16-14-18(26-13-11-19(15-26)27-12-7-8-17(27)2)9-10-20(16)25-22(28)21-23(3,4)24(21,5)6/h9-10,14,17,19,21H,7-8,11-13,15H2,1-6H3,(H,25,28)/t17-,19-/m0/s1. The van der Waals surface area contributed by atoms with Gasteiger partial charge in [0.2, 0.25) is 5.91 Å². The van der Waals surface area contributed by atoms with Crippen LogP contribution in [0.1, 0.15) is 59.4 Å². The van der Waals surface area contributed by atoms with Crippen LogP contribution in [0.3, 0.4) is 0 Å². The molecule has 2 saturated heterocycles. The molecule has 4 rings (SSSR count). The predicted molar refractivity (Wildman–Crippen MR) is 117 cm³/mol. The molecule has 3 aliphatic rings. The van der Waals surface area contributed by atoms with Gasteiger partial charge < -0.3 is 10.2 Å². The van der Waals surface area contributed by atoms with Gasteiger partial charge in [-0.25, -0.2) is 0 Å². The number of aryl methyl sites for hydroxylation is 1. The van der Waals surface area contributed by atoms with Crippen LogP contribution in [0.15, 0.2) is 18.2 Å². The van der Waals surface area contributed by atoms with Gasteiger partial charge in [-0.3, -0.25) is 9.69 Å². The van der Waals surface area contributed by atoms with Gasteiger partial charge in [-0.15, -0.1) is 0 Å². The van der Waals surface area contributed by atoms with Gasteiger partial charge in [0.1, 0.15) is 0 Å². The Balaban J connectivity index is 1.41. The molecule has 1 N–H and O–H groups in total. The molecule has 4 heteroatoms. The quantitative estimate of drug-likeness (QED) is 0.820. The Labute approximate surface area is 170 Å². The van der Waals surface area contributed by atoms with Gasteiger partial charge >= 0.3 is 0 Å². The molecule has 4 nitrogen and oxygen atoms in total. The Bertz CT molecular complexity index is 755. The van der Waals surface area contributed by atoms with E-state index in [1.807, 2.05) is 0 Å². The van der Waals surface area contributed by atoms with Crippen molar-refractivity contribution in [3.63, 3.8) is 0 Å². The molecule has 0 aromatic heterocycles. The van der Waals surface area contributed by atoms with E-state index in [9.17, 15) is 4.79 Å². The van der Waals surface area contributed by atoms with E-state index in [1.165, 1.54) is 31.5 Å². The molecule has 1 aromatic rings. The molecule has 1 aliphatic carbocycles. The average Bonchev–Trinajstić information content (AvgIpc) is 3.08. The van der Waals surface area contributed by atoms with Gasteiger partial charge in [0.25, 0.3) is 0 Å². The minimum atomic E-state index is 0.0716. The summed E-state index contributed by atoms with van der Waals surface area (Å²) in [5, 5.41) is 3.19. The van der Waals surface area contributed by atoms with Crippen molar-refractivity contribution in [1.29, 1.82) is 0 Å². The van der Waals surface area contributed by atoms with E-state index < -0.39 is 0 Å². The molecular formula is C24H37N3O. The van der Waals surface area contributed by atoms with Crippen molar-refractivity contribution in [2.24, 2.45) is 16.7 Å². The Morgan fingerprint density at radius 1 is 1.11 bits per heavy atom. The van der Waals surface area contributed by atoms with Gasteiger partial charge in [0, 0.05) is 42.5 Å². The van der Waals surface area contributed by atoms with Crippen molar-refractivity contribution in [2.45, 2.75) is 72.9 Å². The largest absolute Gasteiger partial charge is 0.370 e. The molecule has 2 atom stereocenters. The Morgan fingerprint density at radius 2 is 1.82 bits per heavy atom. The van der Waals surface area contributed by atoms with Gasteiger partial charge in [-0.1, -0.05) is 27.7 Å². The summed E-state index contributed by atoms with van der Waals surface area (Å²) in [7, 11) is 0. The zero-order chi connectivity index (χ0) is 20.3. The van der Waals surface area contributed by atoms with Gasteiger partial charge in [0.15, 0.2) is 0 Å². The second-order valence-corrected chi connectivity index (χ2v) is 10.5. The summed E-state index contributed by atoms with van der Waals surface area (Å²) >= 11 is 0. The average molecular weight is 384 g/mol. The third-order valence-corrected chi connectivity index (χ3v) is 8.35. The van der Waals surface area contributed by atoms with Crippen LogP contribution >= 0.6 is 0 Å². The predicted octanol–water partition coefficient (Wildman–Crippen LogP) is 4.68. The fourth-order valence-electron chi connectivity index (χ4n) is 5.79. The molecule has 0 radical (unpaired) electrons. The van der Waals surface area contributed by atoms with E-state index in [2.05, 4.69) is 74.9 Å². The molecule has 28 heavy (non-hydrogen) atoms. The number of rotatable bonds is 4. The molecule has 2 aliphatic heterocycles. The fraction of sp³-hybridized carbons (Fsp3) is 0.708. The van der Waals surface area contributed by atoms with E-state index in [0.29, 0.717) is 6.04 Å². The minimum Gasteiger partial charge on any atom is -0.370 e. The number of nitrogens with one attached hydrogen (secondary N) is 1. The van der Waals surface area contributed by atoms with E-state index in [4.69, 9.17) is 0 Å². The maximum atomic E-state index is 12.8. The normalized spacial score (nSPS) is 29.3. The highest BCUT2D eigenvalue weighted by atomic mass is 16.2. The molecule has 2 heterocycles. The first kappa shape index (κ1) is 19.8. The number of benzene rings is 1. The van der Waals surface area contributed by atoms with Crippen molar-refractivity contribution >= 4 is 17.3 Å². The van der Waals surface area contributed by atoms with Crippen molar-refractivity contribution in [3.8, 4) is 0 Å². The first-order chi connectivity index (χ1) is 13.1. The van der Waals surface area contributed by atoms with E-state index in [0.717, 1.165) is 30.4 Å². The van der Waals surface area contributed by atoms with Gasteiger partial charge in [0.05, 0.1) is 0 Å². The molecule has 0 bridgehead atoms. The number of carbonyl (C=O) groups excluding carboxylic acids is 1. The fourth-order valence-corrected chi connectivity index (χ4v) is 5.79. The highest BCUT2D eigenvalue weighted by Gasteiger charge is 2.68. The summed E-state index contributed by atoms with van der Waals surface area (Å²) in [6.07, 6.45) is 3.95. The van der Waals surface area contributed by atoms with Crippen molar-refractivity contribution in [3.05, 3.63) is 23.8 Å². The SMILES string of the molecule is Cc1cc(N2CC[C@H](N3CCC[C@@H]3C)C2)ccc1NC(=O)C1C(C)(C)C1(C)C. The molecule has 3 fully saturated rings. The van der Waals surface area contributed by atoms with Crippen molar-refractivity contribution in [1.82, 2.24) is 4.90 Å². The van der Waals surface area contributed by atoms with Crippen LogP contribution in [0.25, 0.3) is 0 Å². The van der Waals surface area contributed by atoms with Crippen LogP contribution in [0.5, 0.6) is 0 Å². The topological polar surface area (TPSA) is 35.6 Å². The first-order valence-electron chi connectivity index (χ1n) is 11.0. The summed E-state index contributed by atoms with van der Waals surface area (Å²) in [4.78, 5) is 18.0. The monoisotopic (exact) mass is 383 g/mol. The Hall–Kier alpha value is -1.55. The summed E-state index contributed by atoms with van der Waals surface area (Å²) in [5.74, 6) is 0.246. The second-order valence-electron chi connectivity index (χ2n) is 10.5.